The van der Waals surface area contributed by atoms with Crippen LogP contribution in [0.4, 0.5) is 22.7 Å². The Morgan fingerprint density at radius 2 is 1.02 bits per heavy atom. The molecular weight excluding hydrogens is 1180 g/mol. The smallest absolute Gasteiger partial charge is 0.135 e. The minimum absolute atomic E-state index is 0. The van der Waals surface area contributed by atoms with Crippen LogP contribution >= 0.6 is 0 Å². The van der Waals surface area contributed by atoms with Gasteiger partial charge in [-0.05, 0) is 108 Å². The monoisotopic (exact) mass is 1250 g/mol. The van der Waals surface area contributed by atoms with E-state index < -0.39 is 5.41 Å². The average molecular weight is 1250 g/mol. The maximum absolute atomic E-state index is 7.26. The standard InChI is InChI=1S/C76H67N4O.Pt/c1-72(2,3)50-38-39-77-68(43-50)80-66-37-23-34-62-69(66)70-63(76(62)60-32-17-15-30-58(60)75(10,11)59-31-16-18-33-61(59)76)45-55(46-67(70)80)81-54-27-21-26-53(44-54)78-47-79(65-36-20-19-35-64(65)78)71-56(48-24-13-12-14-25-48)28-22-29-57(71)49-40-51(73(4,5)6)42-52(41-49)74(7,8)9;/h12-43,45,47H,1-11H3;/q-3;. The summed E-state index contributed by atoms with van der Waals surface area (Å²) in [6, 6.07) is 79.1. The molecule has 0 saturated heterocycles. The van der Waals surface area contributed by atoms with Crippen LogP contribution in [0.1, 0.15) is 126 Å². The van der Waals surface area contributed by atoms with E-state index >= 15 is 0 Å². The van der Waals surface area contributed by atoms with E-state index in [0.717, 1.165) is 56.3 Å². The van der Waals surface area contributed by atoms with Crippen LogP contribution in [-0.4, -0.2) is 9.55 Å². The SMILES string of the molecule is CC(C)(C)c1cc(-c2cccc(-c3ccccc3)c2N2[CH-]N(c3[c-]c(Oc4[c-]c5c6c(c4)C4(c7ccccc7C(C)(C)c7ccccc74)c4cccc(c46)n5-c4cc(C(C)(C)C)ccn4)ccc3)c3ccccc32)cc(C(C)(C)C)c1.[Pt]. The van der Waals surface area contributed by atoms with E-state index in [-0.39, 0.29) is 42.7 Å². The quantitative estimate of drug-likeness (QED) is 0.149. The topological polar surface area (TPSA) is 33.5 Å². The van der Waals surface area contributed by atoms with E-state index in [9.17, 15) is 0 Å². The van der Waals surface area contributed by atoms with Gasteiger partial charge < -0.3 is 19.1 Å². The van der Waals surface area contributed by atoms with Crippen LogP contribution in [-0.2, 0) is 48.1 Å². The van der Waals surface area contributed by atoms with Gasteiger partial charge in [0.2, 0.25) is 0 Å². The largest absolute Gasteiger partial charge is 0.509 e. The fourth-order valence-corrected chi connectivity index (χ4v) is 13.5. The molecule has 2 aliphatic carbocycles. The number of nitrogens with zero attached hydrogens (tertiary/aromatic N) is 4. The number of hydrogen-bond acceptors (Lipinski definition) is 4. The average Bonchev–Trinajstić information content (AvgIpc) is 2.12. The molecule has 0 amide bonds. The van der Waals surface area contributed by atoms with Crippen molar-refractivity contribution in [1.29, 1.82) is 0 Å². The van der Waals surface area contributed by atoms with Crippen molar-refractivity contribution in [2.45, 2.75) is 103 Å². The zero-order valence-electron chi connectivity index (χ0n) is 48.6. The predicted molar refractivity (Wildman–Crippen MR) is 335 cm³/mol. The minimum atomic E-state index is -0.626. The predicted octanol–water partition coefficient (Wildman–Crippen LogP) is 19.5. The van der Waals surface area contributed by atoms with Gasteiger partial charge in [-0.25, -0.2) is 4.98 Å². The number of rotatable bonds is 7. The van der Waals surface area contributed by atoms with E-state index in [1.165, 1.54) is 66.4 Å². The summed E-state index contributed by atoms with van der Waals surface area (Å²) in [6.07, 6.45) is 1.95. The van der Waals surface area contributed by atoms with Crippen LogP contribution < -0.4 is 14.5 Å². The van der Waals surface area contributed by atoms with E-state index in [1.807, 2.05) is 12.3 Å². The summed E-state index contributed by atoms with van der Waals surface area (Å²) in [5.41, 5.74) is 21.3. The molecule has 3 heterocycles. The van der Waals surface area contributed by atoms with Gasteiger partial charge in [0.05, 0.1) is 0 Å². The Labute approximate surface area is 498 Å². The number of hydrogen-bond donors (Lipinski definition) is 0. The summed E-state index contributed by atoms with van der Waals surface area (Å²) < 4.78 is 9.57. The van der Waals surface area contributed by atoms with Crippen LogP contribution in [0.2, 0.25) is 0 Å². The normalized spacial score (nSPS) is 14.8. The number of aromatic nitrogens is 2. The summed E-state index contributed by atoms with van der Waals surface area (Å²) in [4.78, 5) is 9.75. The third kappa shape index (κ3) is 8.16. The molecule has 6 heteroatoms. The zero-order valence-corrected chi connectivity index (χ0v) is 50.9. The number of benzene rings is 9. The summed E-state index contributed by atoms with van der Waals surface area (Å²) in [7, 11) is 0. The summed E-state index contributed by atoms with van der Waals surface area (Å²) >= 11 is 0. The molecule has 82 heavy (non-hydrogen) atoms. The van der Waals surface area contributed by atoms with Gasteiger partial charge in [0.1, 0.15) is 5.82 Å². The van der Waals surface area contributed by atoms with Gasteiger partial charge in [-0.1, -0.05) is 227 Å². The van der Waals surface area contributed by atoms with Gasteiger partial charge in [-0.2, -0.15) is 6.07 Å². The Morgan fingerprint density at radius 3 is 1.67 bits per heavy atom. The molecule has 0 bridgehead atoms. The molecule has 0 N–H and O–H groups in total. The van der Waals surface area contributed by atoms with Crippen molar-refractivity contribution in [2.75, 3.05) is 9.80 Å². The number of anilines is 4. The van der Waals surface area contributed by atoms with Crippen LogP contribution in [0.15, 0.2) is 200 Å². The molecule has 1 aliphatic heterocycles. The molecular formula is C76H67N4OPt-3. The summed E-state index contributed by atoms with van der Waals surface area (Å²) in [5.74, 6) is 2.06. The fourth-order valence-electron chi connectivity index (χ4n) is 13.5. The fraction of sp³-hybridized carbons (Fsp3) is 0.211. The van der Waals surface area contributed by atoms with Gasteiger partial charge >= 0.3 is 0 Å². The van der Waals surface area contributed by atoms with Crippen LogP contribution in [0, 0.1) is 18.8 Å². The van der Waals surface area contributed by atoms with Gasteiger partial charge in [0.25, 0.3) is 0 Å². The van der Waals surface area contributed by atoms with E-state index in [0.29, 0.717) is 11.5 Å². The number of ether oxygens (including phenoxy) is 1. The third-order valence-corrected chi connectivity index (χ3v) is 17.6. The molecule has 410 valence electrons. The van der Waals surface area contributed by atoms with Crippen LogP contribution in [0.5, 0.6) is 11.5 Å². The van der Waals surface area contributed by atoms with Crippen LogP contribution in [0.25, 0.3) is 49.9 Å². The van der Waals surface area contributed by atoms with E-state index in [4.69, 9.17) is 9.72 Å². The van der Waals surface area contributed by atoms with E-state index in [1.54, 1.807) is 0 Å². The number of para-hydroxylation sites is 3. The van der Waals surface area contributed by atoms with Crippen LogP contribution in [0.3, 0.4) is 0 Å². The maximum atomic E-state index is 7.26. The van der Waals surface area contributed by atoms with Gasteiger partial charge in [0.15, 0.2) is 0 Å². The maximum Gasteiger partial charge on any atom is 0.135 e. The molecule has 14 rings (SSSR count). The number of fused-ring (bicyclic) bond motifs is 7. The first-order valence-corrected chi connectivity index (χ1v) is 28.6. The summed E-state index contributed by atoms with van der Waals surface area (Å²) in [5, 5.41) is 2.41. The molecule has 2 aromatic heterocycles. The van der Waals surface area contributed by atoms with Gasteiger partial charge in [0, 0.05) is 83.3 Å². The molecule has 0 unspecified atom stereocenters. The van der Waals surface area contributed by atoms with Gasteiger partial charge in [-0.3, -0.25) is 0 Å². The Kier molecular flexibility index (Phi) is 12.4. The summed E-state index contributed by atoms with van der Waals surface area (Å²) in [6.45, 7) is 27.6. The molecule has 9 aromatic carbocycles. The van der Waals surface area contributed by atoms with Crippen molar-refractivity contribution in [3.63, 3.8) is 0 Å². The molecule has 0 saturated carbocycles. The second kappa shape index (κ2) is 19.0. The first kappa shape index (κ1) is 53.3. The first-order chi connectivity index (χ1) is 38.8. The molecule has 0 radical (unpaired) electrons. The zero-order chi connectivity index (χ0) is 56.0. The molecule has 1 spiro atoms. The molecule has 5 nitrogen and oxygen atoms in total. The van der Waals surface area contributed by atoms with Gasteiger partial charge in [-0.15, -0.1) is 48.3 Å². The third-order valence-electron chi connectivity index (χ3n) is 17.6. The molecule has 11 aromatic rings. The first-order valence-electron chi connectivity index (χ1n) is 28.6. The second-order valence-electron chi connectivity index (χ2n) is 26.1. The Hall–Kier alpha value is -7.98. The minimum Gasteiger partial charge on any atom is -0.509 e. The van der Waals surface area contributed by atoms with Crippen molar-refractivity contribution >= 4 is 44.6 Å². The Balaban J connectivity index is 0.00000631. The number of pyridine rings is 1. The van der Waals surface area contributed by atoms with Crippen molar-refractivity contribution in [3.8, 4) is 39.6 Å². The molecule has 0 atom stereocenters. The second-order valence-corrected chi connectivity index (χ2v) is 26.1. The van der Waals surface area contributed by atoms with E-state index in [2.05, 4.69) is 297 Å². The molecule has 0 fully saturated rings. The van der Waals surface area contributed by atoms with Crippen molar-refractivity contribution in [3.05, 3.63) is 269 Å². The van der Waals surface area contributed by atoms with Crippen molar-refractivity contribution < 1.29 is 25.8 Å². The van der Waals surface area contributed by atoms with Crippen molar-refractivity contribution in [1.82, 2.24) is 9.55 Å². The van der Waals surface area contributed by atoms with Crippen molar-refractivity contribution in [2.24, 2.45) is 0 Å². The molecule has 3 aliphatic rings. The Morgan fingerprint density at radius 1 is 0.463 bits per heavy atom. The Bertz CT molecular complexity index is 4270.